The van der Waals surface area contributed by atoms with Crippen LogP contribution in [0.25, 0.3) is 0 Å². The number of hydrogen-bond donors (Lipinski definition) is 3. The lowest BCUT2D eigenvalue weighted by Gasteiger charge is -2.18. The van der Waals surface area contributed by atoms with Crippen LogP contribution in [0, 0.1) is 11.7 Å². The van der Waals surface area contributed by atoms with Crippen molar-refractivity contribution in [2.45, 2.75) is 39.2 Å². The normalized spacial score (nSPS) is 11.8. The van der Waals surface area contributed by atoms with Crippen LogP contribution in [0.3, 0.4) is 0 Å². The Morgan fingerprint density at radius 2 is 1.88 bits per heavy atom. The van der Waals surface area contributed by atoms with Crippen molar-refractivity contribution in [3.05, 3.63) is 35.6 Å². The smallest absolute Gasteiger partial charge is 0.303 e. The van der Waals surface area contributed by atoms with Gasteiger partial charge < -0.3 is 15.7 Å². The molecule has 0 unspecified atom stereocenters. The lowest BCUT2D eigenvalue weighted by molar-refractivity contribution is -0.138. The maximum atomic E-state index is 13.6. The molecule has 7 heteroatoms. The topological polar surface area (TPSA) is 95.5 Å². The monoisotopic (exact) mass is 338 g/mol. The van der Waals surface area contributed by atoms with Gasteiger partial charge in [-0.1, -0.05) is 32.0 Å². The van der Waals surface area contributed by atoms with E-state index in [1.54, 1.807) is 6.07 Å². The second kappa shape index (κ2) is 9.64. The van der Waals surface area contributed by atoms with Crippen LogP contribution < -0.4 is 10.6 Å². The first kappa shape index (κ1) is 19.6. The molecule has 0 aromatic heterocycles. The van der Waals surface area contributed by atoms with E-state index in [0.717, 1.165) is 0 Å². The number of nitrogens with one attached hydrogen (secondary N) is 2. The van der Waals surface area contributed by atoms with Gasteiger partial charge in [0.15, 0.2) is 0 Å². The van der Waals surface area contributed by atoms with Gasteiger partial charge in [-0.05, 0) is 24.0 Å². The first-order valence-electron chi connectivity index (χ1n) is 7.82. The van der Waals surface area contributed by atoms with Gasteiger partial charge >= 0.3 is 5.97 Å². The molecule has 3 N–H and O–H groups in total. The van der Waals surface area contributed by atoms with E-state index in [1.807, 2.05) is 13.8 Å². The highest BCUT2D eigenvalue weighted by Gasteiger charge is 2.22. The third kappa shape index (κ3) is 7.21. The highest BCUT2D eigenvalue weighted by atomic mass is 19.1. The first-order chi connectivity index (χ1) is 11.3. The third-order valence-corrected chi connectivity index (χ3v) is 3.29. The maximum absolute atomic E-state index is 13.6. The summed E-state index contributed by atoms with van der Waals surface area (Å²) in [6, 6.07) is 4.91. The summed E-state index contributed by atoms with van der Waals surface area (Å²) in [7, 11) is 0. The molecule has 1 aromatic rings. The lowest BCUT2D eigenvalue weighted by atomic mass is 10.1. The average Bonchev–Trinajstić information content (AvgIpc) is 2.51. The van der Waals surface area contributed by atoms with E-state index in [-0.39, 0.29) is 30.7 Å². The molecule has 1 atom stereocenters. The van der Waals surface area contributed by atoms with Gasteiger partial charge in [-0.25, -0.2) is 4.39 Å². The minimum absolute atomic E-state index is 0.0255. The molecule has 0 spiro atoms. The van der Waals surface area contributed by atoms with Gasteiger partial charge in [-0.3, -0.25) is 14.4 Å². The van der Waals surface area contributed by atoms with E-state index in [4.69, 9.17) is 5.11 Å². The molecule has 0 saturated heterocycles. The van der Waals surface area contributed by atoms with E-state index >= 15 is 0 Å². The molecule has 0 bridgehead atoms. The number of hydrogen-bond acceptors (Lipinski definition) is 3. The molecular weight excluding hydrogens is 315 g/mol. The number of halogens is 1. The molecule has 0 aliphatic heterocycles. The van der Waals surface area contributed by atoms with Crippen molar-refractivity contribution in [1.29, 1.82) is 0 Å². The van der Waals surface area contributed by atoms with Crippen LogP contribution in [0.2, 0.25) is 0 Å². The number of carbonyl (C=O) groups excluding carboxylic acids is 2. The molecule has 1 aromatic carbocycles. The fourth-order valence-corrected chi connectivity index (χ4v) is 2.02. The molecule has 0 aliphatic rings. The molecule has 2 amide bonds. The summed E-state index contributed by atoms with van der Waals surface area (Å²) >= 11 is 0. The minimum atomic E-state index is -1.06. The molecule has 1 rings (SSSR count). The number of carboxylic acids is 1. The van der Waals surface area contributed by atoms with E-state index in [2.05, 4.69) is 10.6 Å². The van der Waals surface area contributed by atoms with E-state index in [9.17, 15) is 18.8 Å². The summed E-state index contributed by atoms with van der Waals surface area (Å²) < 4.78 is 13.6. The van der Waals surface area contributed by atoms with Gasteiger partial charge in [0, 0.05) is 13.0 Å². The Kier molecular flexibility index (Phi) is 7.88. The maximum Gasteiger partial charge on any atom is 0.303 e. The van der Waals surface area contributed by atoms with Crippen LogP contribution in [0.15, 0.2) is 24.3 Å². The molecule has 132 valence electrons. The van der Waals surface area contributed by atoms with Crippen molar-refractivity contribution >= 4 is 17.8 Å². The molecule has 24 heavy (non-hydrogen) atoms. The molecule has 0 aliphatic carbocycles. The number of amides is 2. The van der Waals surface area contributed by atoms with Crippen LogP contribution in [-0.2, 0) is 20.8 Å². The molecule has 0 fully saturated rings. The van der Waals surface area contributed by atoms with Gasteiger partial charge in [-0.2, -0.15) is 0 Å². The van der Waals surface area contributed by atoms with Gasteiger partial charge in [-0.15, -0.1) is 0 Å². The summed E-state index contributed by atoms with van der Waals surface area (Å²) in [4.78, 5) is 34.9. The van der Waals surface area contributed by atoms with E-state index in [1.165, 1.54) is 18.2 Å². The standard InChI is InChI=1S/C17H23FN2O4/c1-11(2)10-19-17(24)14(7-8-16(22)23)20-15(21)9-12-5-3-4-6-13(12)18/h3-6,11,14H,7-10H2,1-2H3,(H,19,24)(H,20,21)(H,22,23)/t14-/m0/s1. The van der Waals surface area contributed by atoms with Crippen LogP contribution >= 0.6 is 0 Å². The van der Waals surface area contributed by atoms with Gasteiger partial charge in [0.05, 0.1) is 6.42 Å². The zero-order valence-corrected chi connectivity index (χ0v) is 13.8. The quantitative estimate of drug-likeness (QED) is 0.636. The van der Waals surface area contributed by atoms with Crippen molar-refractivity contribution in [3.8, 4) is 0 Å². The number of carboxylic acid groups (broad SMARTS) is 1. The van der Waals surface area contributed by atoms with Crippen LogP contribution in [0.5, 0.6) is 0 Å². The molecule has 0 saturated carbocycles. The Labute approximate surface area is 140 Å². The van der Waals surface area contributed by atoms with Gasteiger partial charge in [0.25, 0.3) is 0 Å². The van der Waals surface area contributed by atoms with Crippen molar-refractivity contribution in [2.75, 3.05) is 6.54 Å². The number of carbonyl (C=O) groups is 3. The third-order valence-electron chi connectivity index (χ3n) is 3.29. The molecule has 0 radical (unpaired) electrons. The van der Waals surface area contributed by atoms with E-state index < -0.39 is 29.6 Å². The highest BCUT2D eigenvalue weighted by Crippen LogP contribution is 2.08. The summed E-state index contributed by atoms with van der Waals surface area (Å²) in [5.41, 5.74) is 0.217. The second-order valence-electron chi connectivity index (χ2n) is 5.96. The molecular formula is C17H23FN2O4. The zero-order chi connectivity index (χ0) is 18.1. The number of benzene rings is 1. The predicted octanol–water partition coefficient (Wildman–Crippen LogP) is 1.49. The Hall–Kier alpha value is -2.44. The summed E-state index contributed by atoms with van der Waals surface area (Å²) in [5, 5.41) is 13.9. The summed E-state index contributed by atoms with van der Waals surface area (Å²) in [6.45, 7) is 4.26. The summed E-state index contributed by atoms with van der Waals surface area (Å²) in [6.07, 6.45) is -0.490. The average molecular weight is 338 g/mol. The van der Waals surface area contributed by atoms with Crippen LogP contribution in [0.4, 0.5) is 4.39 Å². The van der Waals surface area contributed by atoms with Crippen molar-refractivity contribution < 1.29 is 23.9 Å². The van der Waals surface area contributed by atoms with Crippen molar-refractivity contribution in [3.63, 3.8) is 0 Å². The summed E-state index contributed by atoms with van der Waals surface area (Å²) in [5.74, 6) is -2.30. The Balaban J connectivity index is 2.68. The van der Waals surface area contributed by atoms with Gasteiger partial charge in [0.1, 0.15) is 11.9 Å². The molecule has 0 heterocycles. The van der Waals surface area contributed by atoms with Crippen LogP contribution in [-0.4, -0.2) is 35.5 Å². The Morgan fingerprint density at radius 1 is 1.21 bits per heavy atom. The highest BCUT2D eigenvalue weighted by molar-refractivity contribution is 5.88. The largest absolute Gasteiger partial charge is 0.481 e. The minimum Gasteiger partial charge on any atom is -0.481 e. The number of rotatable bonds is 9. The Morgan fingerprint density at radius 3 is 2.46 bits per heavy atom. The lowest BCUT2D eigenvalue weighted by Crippen LogP contribution is -2.48. The van der Waals surface area contributed by atoms with Gasteiger partial charge in [0.2, 0.25) is 11.8 Å². The van der Waals surface area contributed by atoms with Crippen molar-refractivity contribution in [1.82, 2.24) is 10.6 Å². The SMILES string of the molecule is CC(C)CNC(=O)[C@H](CCC(=O)O)NC(=O)Cc1ccccc1F. The van der Waals surface area contributed by atoms with Crippen molar-refractivity contribution in [2.24, 2.45) is 5.92 Å². The second-order valence-corrected chi connectivity index (χ2v) is 5.96. The zero-order valence-electron chi connectivity index (χ0n) is 13.8. The fourth-order valence-electron chi connectivity index (χ4n) is 2.02. The molecule has 6 nitrogen and oxygen atoms in total. The Bertz CT molecular complexity index is 590. The van der Waals surface area contributed by atoms with E-state index in [0.29, 0.717) is 6.54 Å². The van der Waals surface area contributed by atoms with Crippen LogP contribution in [0.1, 0.15) is 32.3 Å². The number of aliphatic carboxylic acids is 1. The first-order valence-corrected chi connectivity index (χ1v) is 7.82. The fraction of sp³-hybridized carbons (Fsp3) is 0.471. The predicted molar refractivity (Wildman–Crippen MR) is 86.8 cm³/mol.